The molecule has 0 unspecified atom stereocenters. The normalized spacial score (nSPS) is 15.9. The second kappa shape index (κ2) is 8.53. The van der Waals surface area contributed by atoms with Gasteiger partial charge in [-0.15, -0.1) is 0 Å². The number of benzene rings is 1. The van der Waals surface area contributed by atoms with E-state index in [9.17, 15) is 4.79 Å². The van der Waals surface area contributed by atoms with Gasteiger partial charge in [-0.05, 0) is 50.5 Å². The SMILES string of the molecule is CC/C=C\C(C#Cc1ccc2c(=O)n(C)c(C3CN(C(C)C)C3)nc2c1)=NC. The molecule has 0 aliphatic carbocycles. The van der Waals surface area contributed by atoms with E-state index in [1.165, 1.54) is 0 Å². The molecule has 0 saturated carbocycles. The van der Waals surface area contributed by atoms with E-state index in [-0.39, 0.29) is 5.56 Å². The van der Waals surface area contributed by atoms with E-state index in [1.807, 2.05) is 37.4 Å². The third kappa shape index (κ3) is 4.07. The van der Waals surface area contributed by atoms with Gasteiger partial charge < -0.3 is 0 Å². The van der Waals surface area contributed by atoms with Crippen molar-refractivity contribution in [3.63, 3.8) is 0 Å². The van der Waals surface area contributed by atoms with Gasteiger partial charge >= 0.3 is 0 Å². The fraction of sp³-hybridized carbons (Fsp3) is 0.435. The van der Waals surface area contributed by atoms with Crippen molar-refractivity contribution in [2.75, 3.05) is 20.1 Å². The van der Waals surface area contributed by atoms with Crippen molar-refractivity contribution in [1.82, 2.24) is 14.5 Å². The van der Waals surface area contributed by atoms with Gasteiger partial charge in [0.2, 0.25) is 0 Å². The van der Waals surface area contributed by atoms with Crippen LogP contribution in [0.15, 0.2) is 40.1 Å². The first kappa shape index (κ1) is 20.0. The summed E-state index contributed by atoms with van der Waals surface area (Å²) in [5.41, 5.74) is 2.29. The van der Waals surface area contributed by atoms with Crippen LogP contribution in [0.2, 0.25) is 0 Å². The molecule has 2 heterocycles. The minimum absolute atomic E-state index is 0.00388. The van der Waals surface area contributed by atoms with Gasteiger partial charge in [-0.3, -0.25) is 19.3 Å². The summed E-state index contributed by atoms with van der Waals surface area (Å²) in [6, 6.07) is 6.12. The quantitative estimate of drug-likeness (QED) is 0.608. The molecule has 0 N–H and O–H groups in total. The molecule has 146 valence electrons. The zero-order chi connectivity index (χ0) is 20.3. The Morgan fingerprint density at radius 2 is 2.14 bits per heavy atom. The van der Waals surface area contributed by atoms with Crippen LogP contribution in [0.4, 0.5) is 0 Å². The number of allylic oxidation sites excluding steroid dienone is 2. The molecule has 0 atom stereocenters. The smallest absolute Gasteiger partial charge is 0.261 e. The monoisotopic (exact) mass is 376 g/mol. The van der Waals surface area contributed by atoms with Gasteiger partial charge in [0.05, 0.1) is 10.9 Å². The number of rotatable bonds is 4. The summed E-state index contributed by atoms with van der Waals surface area (Å²) in [6.45, 7) is 8.36. The predicted molar refractivity (Wildman–Crippen MR) is 116 cm³/mol. The van der Waals surface area contributed by atoms with Gasteiger partial charge in [0.15, 0.2) is 0 Å². The Morgan fingerprint density at radius 1 is 1.39 bits per heavy atom. The lowest BCUT2D eigenvalue weighted by Crippen LogP contribution is -2.50. The maximum atomic E-state index is 12.8. The van der Waals surface area contributed by atoms with Gasteiger partial charge in [0, 0.05) is 44.7 Å². The zero-order valence-electron chi connectivity index (χ0n) is 17.4. The number of hydrogen-bond donors (Lipinski definition) is 0. The summed E-state index contributed by atoms with van der Waals surface area (Å²) in [5, 5.41) is 0.632. The predicted octanol–water partition coefficient (Wildman–Crippen LogP) is 3.13. The van der Waals surface area contributed by atoms with Gasteiger partial charge in [0.1, 0.15) is 11.5 Å². The van der Waals surface area contributed by atoms with Crippen LogP contribution < -0.4 is 5.56 Å². The van der Waals surface area contributed by atoms with E-state index in [1.54, 1.807) is 11.6 Å². The molecule has 2 aromatic rings. The number of likely N-dealkylation sites (tertiary alicyclic amines) is 1. The lowest BCUT2D eigenvalue weighted by molar-refractivity contribution is 0.104. The van der Waals surface area contributed by atoms with Crippen molar-refractivity contribution >= 4 is 16.6 Å². The van der Waals surface area contributed by atoms with Crippen LogP contribution >= 0.6 is 0 Å². The standard InChI is InChI=1S/C23H28N4O/c1-6-7-8-19(24-4)11-9-17-10-12-20-21(13-17)25-22(26(5)23(20)28)18-14-27(15-18)16(2)3/h7-8,10,12-13,16,18H,6,14-15H2,1-5H3/b8-7-,24-19?. The van der Waals surface area contributed by atoms with Crippen LogP contribution in [0.1, 0.15) is 44.5 Å². The minimum Gasteiger partial charge on any atom is -0.299 e. The van der Waals surface area contributed by atoms with E-state index in [0.717, 1.165) is 36.6 Å². The number of aliphatic imine (C=N–C) groups is 1. The van der Waals surface area contributed by atoms with Crippen LogP contribution in [0, 0.1) is 11.8 Å². The average molecular weight is 377 g/mol. The molecular formula is C23H28N4O. The van der Waals surface area contributed by atoms with Crippen molar-refractivity contribution in [2.45, 2.75) is 39.2 Å². The van der Waals surface area contributed by atoms with Crippen molar-refractivity contribution in [2.24, 2.45) is 12.0 Å². The summed E-state index contributed by atoms with van der Waals surface area (Å²) in [5.74, 6) is 7.39. The summed E-state index contributed by atoms with van der Waals surface area (Å²) >= 11 is 0. The van der Waals surface area contributed by atoms with Crippen molar-refractivity contribution in [1.29, 1.82) is 0 Å². The number of fused-ring (bicyclic) bond motifs is 1. The fourth-order valence-electron chi connectivity index (χ4n) is 3.37. The molecule has 1 aromatic heterocycles. The van der Waals surface area contributed by atoms with Crippen LogP contribution in [-0.2, 0) is 7.05 Å². The molecular weight excluding hydrogens is 348 g/mol. The van der Waals surface area contributed by atoms with Gasteiger partial charge in [-0.1, -0.05) is 18.9 Å². The lowest BCUT2D eigenvalue weighted by atomic mass is 9.97. The highest BCUT2D eigenvalue weighted by Crippen LogP contribution is 2.27. The molecule has 5 nitrogen and oxygen atoms in total. The third-order valence-electron chi connectivity index (χ3n) is 5.20. The van der Waals surface area contributed by atoms with E-state index in [2.05, 4.69) is 42.5 Å². The van der Waals surface area contributed by atoms with E-state index in [0.29, 0.717) is 22.9 Å². The van der Waals surface area contributed by atoms with Crippen LogP contribution in [0.25, 0.3) is 10.9 Å². The molecule has 1 aliphatic heterocycles. The average Bonchev–Trinajstić information content (AvgIpc) is 2.64. The number of aromatic nitrogens is 2. The Bertz CT molecular complexity index is 1040. The molecule has 28 heavy (non-hydrogen) atoms. The molecule has 5 heteroatoms. The first-order valence-corrected chi connectivity index (χ1v) is 9.84. The maximum Gasteiger partial charge on any atom is 0.261 e. The highest BCUT2D eigenvalue weighted by Gasteiger charge is 2.32. The van der Waals surface area contributed by atoms with Gasteiger partial charge in [0.25, 0.3) is 5.56 Å². The second-order valence-electron chi connectivity index (χ2n) is 7.48. The first-order valence-electron chi connectivity index (χ1n) is 9.84. The Morgan fingerprint density at radius 3 is 2.79 bits per heavy atom. The molecule has 1 aliphatic rings. The Hall–Kier alpha value is -2.71. The summed E-state index contributed by atoms with van der Waals surface area (Å²) in [4.78, 5) is 24.2. The van der Waals surface area contributed by atoms with Crippen molar-refractivity contribution in [3.8, 4) is 11.8 Å². The Labute approximate surface area is 166 Å². The first-order chi connectivity index (χ1) is 13.4. The number of nitrogens with zero attached hydrogens (tertiary/aromatic N) is 4. The summed E-state index contributed by atoms with van der Waals surface area (Å²) in [6.07, 6.45) is 4.91. The molecule has 1 fully saturated rings. The fourth-order valence-corrected chi connectivity index (χ4v) is 3.37. The van der Waals surface area contributed by atoms with Crippen molar-refractivity contribution in [3.05, 3.63) is 52.1 Å². The van der Waals surface area contributed by atoms with Crippen LogP contribution in [0.3, 0.4) is 0 Å². The minimum atomic E-state index is 0.00388. The molecule has 0 bridgehead atoms. The van der Waals surface area contributed by atoms with E-state index in [4.69, 9.17) is 4.98 Å². The second-order valence-corrected chi connectivity index (χ2v) is 7.48. The van der Waals surface area contributed by atoms with Crippen LogP contribution in [-0.4, -0.2) is 46.3 Å². The van der Waals surface area contributed by atoms with Crippen LogP contribution in [0.5, 0.6) is 0 Å². The molecule has 3 rings (SSSR count). The Balaban J connectivity index is 1.95. The van der Waals surface area contributed by atoms with Gasteiger partial charge in [-0.25, -0.2) is 4.98 Å². The highest BCUT2D eigenvalue weighted by molar-refractivity contribution is 6.09. The van der Waals surface area contributed by atoms with E-state index < -0.39 is 0 Å². The number of hydrogen-bond acceptors (Lipinski definition) is 4. The lowest BCUT2D eigenvalue weighted by Gasteiger charge is -2.42. The largest absolute Gasteiger partial charge is 0.299 e. The van der Waals surface area contributed by atoms with Gasteiger partial charge in [-0.2, -0.15) is 0 Å². The summed E-state index contributed by atoms with van der Waals surface area (Å²) in [7, 11) is 3.56. The zero-order valence-corrected chi connectivity index (χ0v) is 17.4. The maximum absolute atomic E-state index is 12.8. The highest BCUT2D eigenvalue weighted by atomic mass is 16.1. The molecule has 1 aromatic carbocycles. The summed E-state index contributed by atoms with van der Waals surface area (Å²) < 4.78 is 1.70. The third-order valence-corrected chi connectivity index (χ3v) is 5.20. The molecule has 1 saturated heterocycles. The molecule has 0 amide bonds. The molecule has 0 spiro atoms. The Kier molecular flexibility index (Phi) is 6.11. The topological polar surface area (TPSA) is 50.5 Å². The van der Waals surface area contributed by atoms with Crippen molar-refractivity contribution < 1.29 is 0 Å². The molecule has 0 radical (unpaired) electrons. The van der Waals surface area contributed by atoms with E-state index >= 15 is 0 Å².